The van der Waals surface area contributed by atoms with Gasteiger partial charge in [0.05, 0.1) is 30.7 Å². The predicted molar refractivity (Wildman–Crippen MR) is 132 cm³/mol. The zero-order valence-electron chi connectivity index (χ0n) is 18.7. The van der Waals surface area contributed by atoms with Gasteiger partial charge in [-0.25, -0.2) is 13.4 Å². The van der Waals surface area contributed by atoms with Crippen LogP contribution < -0.4 is 14.8 Å². The third-order valence-electron chi connectivity index (χ3n) is 5.62. The topological polar surface area (TPSA) is 97.8 Å². The van der Waals surface area contributed by atoms with Gasteiger partial charge >= 0.3 is 0 Å². The molecule has 11 heteroatoms. The molecule has 1 saturated heterocycles. The Bertz CT molecular complexity index is 1280. The SMILES string of the molecule is COc1ccc(OC)c(-c2csc(NC(=O)C3CCCN(S(=O)(=O)c4ccc(Cl)cc4)C3)n2)c1. The van der Waals surface area contributed by atoms with Crippen LogP contribution in [-0.2, 0) is 14.8 Å². The fraction of sp³-hybridized carbons (Fsp3) is 0.304. The van der Waals surface area contributed by atoms with Crippen LogP contribution in [0.5, 0.6) is 11.5 Å². The molecule has 0 saturated carbocycles. The second-order valence-corrected chi connectivity index (χ2v) is 11.0. The second-order valence-electron chi connectivity index (χ2n) is 7.75. The van der Waals surface area contributed by atoms with Crippen molar-refractivity contribution in [1.82, 2.24) is 9.29 Å². The Morgan fingerprint density at radius 2 is 1.94 bits per heavy atom. The van der Waals surface area contributed by atoms with Gasteiger partial charge in [0.1, 0.15) is 11.5 Å². The summed E-state index contributed by atoms with van der Waals surface area (Å²) < 4.78 is 38.1. The third kappa shape index (κ3) is 5.20. The minimum absolute atomic E-state index is 0.110. The summed E-state index contributed by atoms with van der Waals surface area (Å²) in [6.45, 7) is 0.477. The first-order valence-electron chi connectivity index (χ1n) is 10.6. The molecule has 34 heavy (non-hydrogen) atoms. The van der Waals surface area contributed by atoms with Crippen LogP contribution in [0.3, 0.4) is 0 Å². The minimum atomic E-state index is -3.71. The summed E-state index contributed by atoms with van der Waals surface area (Å²) in [6, 6.07) is 11.4. The van der Waals surface area contributed by atoms with Crippen LogP contribution in [0.2, 0.25) is 5.02 Å². The Kier molecular flexibility index (Phi) is 7.42. The molecule has 1 aromatic heterocycles. The number of thiazole rings is 1. The van der Waals surface area contributed by atoms with Gasteiger partial charge in [0.2, 0.25) is 15.9 Å². The summed E-state index contributed by atoms with van der Waals surface area (Å²) in [4.78, 5) is 17.7. The lowest BCUT2D eigenvalue weighted by molar-refractivity contribution is -0.120. The van der Waals surface area contributed by atoms with Crippen LogP contribution in [0.25, 0.3) is 11.3 Å². The summed E-state index contributed by atoms with van der Waals surface area (Å²) in [5.74, 6) is 0.571. The molecule has 0 radical (unpaired) electrons. The van der Waals surface area contributed by atoms with Crippen LogP contribution >= 0.6 is 22.9 Å². The number of rotatable bonds is 7. The first kappa shape index (κ1) is 24.5. The van der Waals surface area contributed by atoms with E-state index < -0.39 is 15.9 Å². The maximum absolute atomic E-state index is 13.0. The summed E-state index contributed by atoms with van der Waals surface area (Å²) >= 11 is 7.17. The molecule has 3 aromatic rings. The number of anilines is 1. The Balaban J connectivity index is 1.47. The van der Waals surface area contributed by atoms with Crippen LogP contribution in [0, 0.1) is 5.92 Å². The van der Waals surface area contributed by atoms with Crippen molar-refractivity contribution in [2.24, 2.45) is 5.92 Å². The van der Waals surface area contributed by atoms with Gasteiger partial charge in [-0.05, 0) is 55.3 Å². The number of ether oxygens (including phenoxy) is 2. The Hall–Kier alpha value is -2.66. The smallest absolute Gasteiger partial charge is 0.243 e. The van der Waals surface area contributed by atoms with Crippen LogP contribution in [0.15, 0.2) is 52.7 Å². The van der Waals surface area contributed by atoms with E-state index in [2.05, 4.69) is 10.3 Å². The number of piperidine rings is 1. The predicted octanol–water partition coefficient (Wildman–Crippen LogP) is 4.52. The van der Waals surface area contributed by atoms with E-state index in [9.17, 15) is 13.2 Å². The molecule has 1 aliphatic heterocycles. The van der Waals surface area contributed by atoms with E-state index in [1.54, 1.807) is 38.5 Å². The molecule has 2 aromatic carbocycles. The fourth-order valence-electron chi connectivity index (χ4n) is 3.81. The highest BCUT2D eigenvalue weighted by molar-refractivity contribution is 7.89. The standard InChI is InChI=1S/C23H24ClN3O5S2/c1-31-17-7-10-21(32-2)19(12-17)20-14-33-23(25-20)26-22(28)15-4-3-11-27(13-15)34(29,30)18-8-5-16(24)6-9-18/h5-10,12,14-15H,3-4,11,13H2,1-2H3,(H,25,26,28). The molecule has 4 rings (SSSR count). The van der Waals surface area contributed by atoms with Crippen molar-refractivity contribution in [3.63, 3.8) is 0 Å². The summed E-state index contributed by atoms with van der Waals surface area (Å²) in [7, 11) is -0.550. The molecule has 1 unspecified atom stereocenters. The molecule has 8 nitrogen and oxygen atoms in total. The van der Waals surface area contributed by atoms with Gasteiger partial charge in [0.25, 0.3) is 0 Å². The maximum atomic E-state index is 13.0. The maximum Gasteiger partial charge on any atom is 0.243 e. The van der Waals surface area contributed by atoms with E-state index in [4.69, 9.17) is 21.1 Å². The van der Waals surface area contributed by atoms with Crippen molar-refractivity contribution in [3.8, 4) is 22.8 Å². The highest BCUT2D eigenvalue weighted by Crippen LogP contribution is 2.35. The molecular weight excluding hydrogens is 498 g/mol. The van der Waals surface area contributed by atoms with Crippen LogP contribution in [-0.4, -0.2) is 50.9 Å². The lowest BCUT2D eigenvalue weighted by Gasteiger charge is -2.31. The average Bonchev–Trinajstić information content (AvgIpc) is 3.32. The van der Waals surface area contributed by atoms with Crippen molar-refractivity contribution in [2.75, 3.05) is 32.6 Å². The van der Waals surface area contributed by atoms with Gasteiger partial charge in [-0.1, -0.05) is 11.6 Å². The summed E-state index contributed by atoms with van der Waals surface area (Å²) in [5.41, 5.74) is 1.39. The molecule has 1 amide bonds. The van der Waals surface area contributed by atoms with Crippen molar-refractivity contribution in [2.45, 2.75) is 17.7 Å². The van der Waals surface area contributed by atoms with E-state index >= 15 is 0 Å². The summed E-state index contributed by atoms with van der Waals surface area (Å²) in [5, 5.41) is 5.56. The first-order valence-corrected chi connectivity index (χ1v) is 13.3. The molecule has 1 N–H and O–H groups in total. The van der Waals surface area contributed by atoms with Crippen molar-refractivity contribution in [1.29, 1.82) is 0 Å². The number of carbonyl (C=O) groups is 1. The number of sulfonamides is 1. The van der Waals surface area contributed by atoms with E-state index in [0.717, 1.165) is 5.56 Å². The number of methoxy groups -OCH3 is 2. The lowest BCUT2D eigenvalue weighted by atomic mass is 9.99. The zero-order valence-corrected chi connectivity index (χ0v) is 21.0. The Morgan fingerprint density at radius 3 is 2.65 bits per heavy atom. The number of nitrogens with zero attached hydrogens (tertiary/aromatic N) is 2. The number of amides is 1. The molecule has 0 bridgehead atoms. The fourth-order valence-corrected chi connectivity index (χ4v) is 6.17. The van der Waals surface area contributed by atoms with Crippen LogP contribution in [0.4, 0.5) is 5.13 Å². The molecule has 0 aliphatic carbocycles. The molecule has 2 heterocycles. The number of hydrogen-bond acceptors (Lipinski definition) is 7. The van der Waals surface area contributed by atoms with Crippen LogP contribution in [0.1, 0.15) is 12.8 Å². The molecule has 1 fully saturated rings. The number of hydrogen-bond donors (Lipinski definition) is 1. The van der Waals surface area contributed by atoms with Gasteiger partial charge in [-0.15, -0.1) is 11.3 Å². The molecule has 180 valence electrons. The molecule has 0 spiro atoms. The Morgan fingerprint density at radius 1 is 1.18 bits per heavy atom. The third-order valence-corrected chi connectivity index (χ3v) is 8.51. The van der Waals surface area contributed by atoms with Gasteiger partial charge in [-0.3, -0.25) is 4.79 Å². The number of aromatic nitrogens is 1. The Labute approximate surface area is 207 Å². The minimum Gasteiger partial charge on any atom is -0.497 e. The van der Waals surface area contributed by atoms with E-state index in [1.165, 1.54) is 27.8 Å². The number of carbonyl (C=O) groups excluding carboxylic acids is 1. The van der Waals surface area contributed by atoms with E-state index in [1.807, 2.05) is 11.4 Å². The monoisotopic (exact) mass is 521 g/mol. The van der Waals surface area contributed by atoms with Crippen molar-refractivity contribution in [3.05, 3.63) is 52.9 Å². The average molecular weight is 522 g/mol. The summed E-state index contributed by atoms with van der Waals surface area (Å²) in [6.07, 6.45) is 1.19. The molecular formula is C23H24ClN3O5S2. The zero-order chi connectivity index (χ0) is 24.3. The first-order chi connectivity index (χ1) is 16.3. The number of nitrogens with one attached hydrogen (secondary N) is 1. The number of benzene rings is 2. The largest absolute Gasteiger partial charge is 0.497 e. The lowest BCUT2D eigenvalue weighted by Crippen LogP contribution is -2.43. The molecule has 1 atom stereocenters. The highest BCUT2D eigenvalue weighted by Gasteiger charge is 2.33. The van der Waals surface area contributed by atoms with Gasteiger partial charge in [0.15, 0.2) is 5.13 Å². The normalized spacial score (nSPS) is 16.7. The van der Waals surface area contributed by atoms with Crippen molar-refractivity contribution < 1.29 is 22.7 Å². The molecule has 1 aliphatic rings. The number of halogens is 1. The van der Waals surface area contributed by atoms with Gasteiger partial charge in [0, 0.05) is 29.1 Å². The quantitative estimate of drug-likeness (QED) is 0.491. The van der Waals surface area contributed by atoms with Gasteiger partial charge in [-0.2, -0.15) is 4.31 Å². The second kappa shape index (κ2) is 10.3. The van der Waals surface area contributed by atoms with E-state index in [0.29, 0.717) is 46.7 Å². The highest BCUT2D eigenvalue weighted by atomic mass is 35.5. The van der Waals surface area contributed by atoms with Crippen molar-refractivity contribution >= 4 is 44.0 Å². The van der Waals surface area contributed by atoms with Gasteiger partial charge < -0.3 is 14.8 Å². The van der Waals surface area contributed by atoms with E-state index in [-0.39, 0.29) is 17.3 Å².